The van der Waals surface area contributed by atoms with Gasteiger partial charge in [0.2, 0.25) is 5.91 Å². The van der Waals surface area contributed by atoms with Gasteiger partial charge in [-0.05, 0) is 38.0 Å². The number of amides is 2. The van der Waals surface area contributed by atoms with Crippen LogP contribution in [0.5, 0.6) is 0 Å². The lowest BCUT2D eigenvalue weighted by Gasteiger charge is -2.24. The lowest BCUT2D eigenvalue weighted by Crippen LogP contribution is -2.50. The fourth-order valence-corrected chi connectivity index (χ4v) is 3.60. The molecule has 1 heterocycles. The van der Waals surface area contributed by atoms with Crippen LogP contribution >= 0.6 is 11.6 Å². The van der Waals surface area contributed by atoms with Crippen LogP contribution in [0.3, 0.4) is 0 Å². The summed E-state index contributed by atoms with van der Waals surface area (Å²) in [4.78, 5) is 25.6. The van der Waals surface area contributed by atoms with Crippen LogP contribution in [-0.4, -0.2) is 17.9 Å². The van der Waals surface area contributed by atoms with Gasteiger partial charge in [0.15, 0.2) is 0 Å². The molecule has 0 fully saturated rings. The molecule has 2 aromatic carbocycles. The molecular formula is C23H25ClN2O3. The maximum absolute atomic E-state index is 12.9. The zero-order valence-electron chi connectivity index (χ0n) is 17.0. The summed E-state index contributed by atoms with van der Waals surface area (Å²) in [6, 6.07) is 13.5. The van der Waals surface area contributed by atoms with Crippen LogP contribution < -0.4 is 10.6 Å². The summed E-state index contributed by atoms with van der Waals surface area (Å²) in [6.07, 6.45) is 0. The van der Waals surface area contributed by atoms with Crippen molar-refractivity contribution >= 4 is 34.4 Å². The monoisotopic (exact) mass is 412 g/mol. The first-order chi connectivity index (χ1) is 13.8. The van der Waals surface area contributed by atoms with Gasteiger partial charge in [-0.2, -0.15) is 0 Å². The number of benzene rings is 2. The largest absolute Gasteiger partial charge is 0.459 e. The second-order valence-electron chi connectivity index (χ2n) is 7.49. The molecule has 2 atom stereocenters. The summed E-state index contributed by atoms with van der Waals surface area (Å²) in [6.45, 7) is 7.61. The molecule has 3 aromatic rings. The number of nitrogens with one attached hydrogen (secondary N) is 2. The number of halogens is 1. The normalized spacial score (nSPS) is 13.3. The molecule has 2 amide bonds. The van der Waals surface area contributed by atoms with Crippen LogP contribution in [0, 0.1) is 12.8 Å². The number of hydrogen-bond donors (Lipinski definition) is 2. The van der Waals surface area contributed by atoms with Gasteiger partial charge < -0.3 is 15.1 Å². The molecule has 0 aliphatic carbocycles. The van der Waals surface area contributed by atoms with Gasteiger partial charge in [-0.15, -0.1) is 0 Å². The van der Waals surface area contributed by atoms with Gasteiger partial charge in [0.05, 0.1) is 16.6 Å². The lowest BCUT2D eigenvalue weighted by atomic mass is 10.0. The average Bonchev–Trinajstić information content (AvgIpc) is 3.03. The summed E-state index contributed by atoms with van der Waals surface area (Å²) in [5.74, 6) is -0.0466. The molecule has 0 spiro atoms. The van der Waals surface area contributed by atoms with E-state index in [0.29, 0.717) is 16.3 Å². The Labute approximate surface area is 175 Å². The molecule has 3 rings (SSSR count). The van der Waals surface area contributed by atoms with Crippen LogP contribution in [0.1, 0.15) is 48.5 Å². The molecule has 29 heavy (non-hydrogen) atoms. The van der Waals surface area contributed by atoms with E-state index in [-0.39, 0.29) is 23.8 Å². The third-order valence-corrected chi connectivity index (χ3v) is 5.32. The number of carbonyl (C=O) groups excluding carboxylic acids is 2. The highest BCUT2D eigenvalue weighted by atomic mass is 35.5. The van der Waals surface area contributed by atoms with Crippen LogP contribution in [-0.2, 0) is 4.79 Å². The number of carbonyl (C=O) groups is 2. The summed E-state index contributed by atoms with van der Waals surface area (Å²) in [7, 11) is 0. The zero-order chi connectivity index (χ0) is 21.1. The first-order valence-electron chi connectivity index (χ1n) is 9.63. The van der Waals surface area contributed by atoms with Crippen molar-refractivity contribution in [3.05, 3.63) is 70.4 Å². The first-order valence-corrected chi connectivity index (χ1v) is 10.0. The third-order valence-electron chi connectivity index (χ3n) is 4.99. The minimum Gasteiger partial charge on any atom is -0.459 e. The number of rotatable bonds is 6. The smallest absolute Gasteiger partial charge is 0.253 e. The van der Waals surface area contributed by atoms with Gasteiger partial charge >= 0.3 is 0 Å². The topological polar surface area (TPSA) is 71.3 Å². The molecule has 0 aliphatic rings. The number of furan rings is 1. The van der Waals surface area contributed by atoms with Crippen molar-refractivity contribution < 1.29 is 14.0 Å². The van der Waals surface area contributed by atoms with Crippen LogP contribution in [0.25, 0.3) is 11.0 Å². The molecule has 0 radical (unpaired) electrons. The van der Waals surface area contributed by atoms with E-state index in [2.05, 4.69) is 10.6 Å². The van der Waals surface area contributed by atoms with Crippen LogP contribution in [0.15, 0.2) is 52.9 Å². The molecule has 2 unspecified atom stereocenters. The zero-order valence-corrected chi connectivity index (χ0v) is 17.7. The van der Waals surface area contributed by atoms with Crippen molar-refractivity contribution in [2.75, 3.05) is 0 Å². The van der Waals surface area contributed by atoms with Crippen molar-refractivity contribution in [2.24, 2.45) is 5.92 Å². The highest BCUT2D eigenvalue weighted by Crippen LogP contribution is 2.29. The lowest BCUT2D eigenvalue weighted by molar-refractivity contribution is -0.124. The van der Waals surface area contributed by atoms with Crippen molar-refractivity contribution in [2.45, 2.75) is 39.8 Å². The molecule has 0 bridgehead atoms. The quantitative estimate of drug-likeness (QED) is 0.596. The maximum Gasteiger partial charge on any atom is 0.253 e. The average molecular weight is 413 g/mol. The number of hydrogen-bond acceptors (Lipinski definition) is 3. The number of aryl methyl sites for hydroxylation is 1. The fourth-order valence-electron chi connectivity index (χ4n) is 3.37. The second kappa shape index (κ2) is 8.70. The standard InChI is InChI=1S/C23H25ClN2O3/c1-13(2)20(26-22(27)17-10-5-7-11-18(17)24)23(28)25-15(4)21-14(3)16-9-6-8-12-19(16)29-21/h5-13,15,20H,1-4H3,(H,25,28)(H,26,27). The van der Waals surface area contributed by atoms with Gasteiger partial charge in [-0.1, -0.05) is 55.8 Å². The predicted molar refractivity (Wildman–Crippen MR) is 115 cm³/mol. The molecule has 2 N–H and O–H groups in total. The van der Waals surface area contributed by atoms with Crippen LogP contribution in [0.4, 0.5) is 0 Å². The van der Waals surface area contributed by atoms with Crippen molar-refractivity contribution in [1.82, 2.24) is 10.6 Å². The minimum absolute atomic E-state index is 0.106. The minimum atomic E-state index is -0.703. The number of para-hydroxylation sites is 1. The van der Waals surface area contributed by atoms with E-state index < -0.39 is 6.04 Å². The summed E-state index contributed by atoms with van der Waals surface area (Å²) < 4.78 is 5.95. The molecule has 6 heteroatoms. The first kappa shape index (κ1) is 20.9. The van der Waals surface area contributed by atoms with Crippen molar-refractivity contribution in [3.8, 4) is 0 Å². The van der Waals surface area contributed by atoms with Gasteiger partial charge in [-0.25, -0.2) is 0 Å². The van der Waals surface area contributed by atoms with Gasteiger partial charge in [0.1, 0.15) is 17.4 Å². The maximum atomic E-state index is 12.9. The number of fused-ring (bicyclic) bond motifs is 1. The Morgan fingerprint density at radius 3 is 2.28 bits per heavy atom. The third kappa shape index (κ3) is 4.46. The molecule has 0 aliphatic heterocycles. The SMILES string of the molecule is Cc1c(C(C)NC(=O)C(NC(=O)c2ccccc2Cl)C(C)C)oc2ccccc12. The highest BCUT2D eigenvalue weighted by molar-refractivity contribution is 6.33. The van der Waals surface area contributed by atoms with E-state index in [0.717, 1.165) is 16.5 Å². The van der Waals surface area contributed by atoms with Crippen molar-refractivity contribution in [3.63, 3.8) is 0 Å². The molecule has 0 saturated heterocycles. The molecule has 1 aromatic heterocycles. The summed E-state index contributed by atoms with van der Waals surface area (Å²) >= 11 is 6.11. The fraction of sp³-hybridized carbons (Fsp3) is 0.304. The predicted octanol–water partition coefficient (Wildman–Crippen LogP) is 5.03. The van der Waals surface area contributed by atoms with Gasteiger partial charge in [0, 0.05) is 10.9 Å². The van der Waals surface area contributed by atoms with E-state index in [1.807, 2.05) is 52.0 Å². The Balaban J connectivity index is 1.76. The van der Waals surface area contributed by atoms with E-state index in [1.165, 1.54) is 0 Å². The van der Waals surface area contributed by atoms with Crippen molar-refractivity contribution in [1.29, 1.82) is 0 Å². The molecule has 152 valence electrons. The Morgan fingerprint density at radius 2 is 1.62 bits per heavy atom. The Kier molecular flexibility index (Phi) is 6.28. The Bertz CT molecular complexity index is 1040. The van der Waals surface area contributed by atoms with E-state index in [9.17, 15) is 9.59 Å². The highest BCUT2D eigenvalue weighted by Gasteiger charge is 2.28. The van der Waals surface area contributed by atoms with Gasteiger partial charge in [-0.3, -0.25) is 9.59 Å². The Hall–Kier alpha value is -2.79. The Morgan fingerprint density at radius 1 is 0.966 bits per heavy atom. The summed E-state index contributed by atoms with van der Waals surface area (Å²) in [5, 5.41) is 7.15. The van der Waals surface area contributed by atoms with E-state index >= 15 is 0 Å². The van der Waals surface area contributed by atoms with Gasteiger partial charge in [0.25, 0.3) is 5.91 Å². The van der Waals surface area contributed by atoms with Crippen LogP contribution in [0.2, 0.25) is 5.02 Å². The van der Waals surface area contributed by atoms with E-state index in [4.69, 9.17) is 16.0 Å². The second-order valence-corrected chi connectivity index (χ2v) is 7.90. The van der Waals surface area contributed by atoms with E-state index in [1.54, 1.807) is 24.3 Å². The summed E-state index contributed by atoms with van der Waals surface area (Å²) in [5.41, 5.74) is 2.12. The molecule has 0 saturated carbocycles. The molecule has 5 nitrogen and oxygen atoms in total. The molecular weight excluding hydrogens is 388 g/mol.